The van der Waals surface area contributed by atoms with Gasteiger partial charge in [0, 0.05) is 37.9 Å². The molecule has 1 aliphatic heterocycles. The van der Waals surface area contributed by atoms with E-state index < -0.39 is 0 Å². The van der Waals surface area contributed by atoms with Crippen LogP contribution in [0.5, 0.6) is 0 Å². The summed E-state index contributed by atoms with van der Waals surface area (Å²) >= 11 is 1.34. The van der Waals surface area contributed by atoms with E-state index in [1.165, 1.54) is 11.5 Å². The lowest BCUT2D eigenvalue weighted by Crippen LogP contribution is -2.38. The van der Waals surface area contributed by atoms with Crippen molar-refractivity contribution in [3.63, 3.8) is 0 Å². The normalized spacial score (nSPS) is 15.4. The Bertz CT molecular complexity index is 921. The van der Waals surface area contributed by atoms with E-state index in [0.29, 0.717) is 18.8 Å². The van der Waals surface area contributed by atoms with Crippen LogP contribution < -0.4 is 0 Å². The monoisotopic (exact) mass is 386 g/mol. The first-order chi connectivity index (χ1) is 13.1. The second-order valence-electron chi connectivity index (χ2n) is 6.99. The maximum absolute atomic E-state index is 12.5. The number of carbonyl (C=O) groups excluding carboxylic acids is 1. The Morgan fingerprint density at radius 1 is 1.30 bits per heavy atom. The van der Waals surface area contributed by atoms with Gasteiger partial charge >= 0.3 is 0 Å². The van der Waals surface area contributed by atoms with E-state index in [-0.39, 0.29) is 5.91 Å². The van der Waals surface area contributed by atoms with Crippen LogP contribution in [0.4, 0.5) is 0 Å². The van der Waals surface area contributed by atoms with Crippen LogP contribution in [0.25, 0.3) is 10.6 Å². The molecule has 0 aliphatic carbocycles. The first-order valence-electron chi connectivity index (χ1n) is 9.19. The van der Waals surface area contributed by atoms with Gasteiger partial charge in [-0.3, -0.25) is 4.79 Å². The molecule has 142 valence electrons. The van der Waals surface area contributed by atoms with Gasteiger partial charge in [-0.1, -0.05) is 9.64 Å². The molecule has 1 aliphatic rings. The molecule has 1 amide bonds. The molecule has 27 heavy (non-hydrogen) atoms. The fraction of sp³-hybridized carbons (Fsp3) is 0.474. The number of amides is 1. The Kier molecular flexibility index (Phi) is 5.07. The molecule has 0 unspecified atom stereocenters. The van der Waals surface area contributed by atoms with Gasteiger partial charge in [0.05, 0.1) is 11.4 Å². The third kappa shape index (κ3) is 3.95. The molecular formula is C19H22N4O3S. The SMILES string of the molecule is Cc1cc(-c2snnc2C2CCN(C(=O)CCc3ccc(C)o3)CC2)on1. The van der Waals surface area contributed by atoms with Gasteiger partial charge in [-0.15, -0.1) is 5.10 Å². The minimum Gasteiger partial charge on any atom is -0.466 e. The van der Waals surface area contributed by atoms with Crippen molar-refractivity contribution >= 4 is 17.4 Å². The van der Waals surface area contributed by atoms with Crippen molar-refractivity contribution in [1.82, 2.24) is 19.6 Å². The fourth-order valence-corrected chi connectivity index (χ4v) is 4.21. The van der Waals surface area contributed by atoms with Crippen molar-refractivity contribution < 1.29 is 13.7 Å². The molecule has 0 N–H and O–H groups in total. The molecule has 0 spiro atoms. The summed E-state index contributed by atoms with van der Waals surface area (Å²) < 4.78 is 15.0. The number of hydrogen-bond acceptors (Lipinski definition) is 7. The maximum atomic E-state index is 12.5. The number of piperidine rings is 1. The highest BCUT2D eigenvalue weighted by atomic mass is 32.1. The number of rotatable bonds is 5. The van der Waals surface area contributed by atoms with Gasteiger partial charge < -0.3 is 13.8 Å². The van der Waals surface area contributed by atoms with Crippen molar-refractivity contribution in [2.75, 3.05) is 13.1 Å². The van der Waals surface area contributed by atoms with Crippen LogP contribution in [-0.2, 0) is 11.2 Å². The van der Waals surface area contributed by atoms with Gasteiger partial charge in [-0.05, 0) is 50.4 Å². The van der Waals surface area contributed by atoms with Crippen LogP contribution in [0, 0.1) is 13.8 Å². The minimum atomic E-state index is 0.185. The first-order valence-corrected chi connectivity index (χ1v) is 9.96. The lowest BCUT2D eigenvalue weighted by Gasteiger charge is -2.31. The highest BCUT2D eigenvalue weighted by Crippen LogP contribution is 2.36. The third-order valence-electron chi connectivity index (χ3n) is 4.98. The topological polar surface area (TPSA) is 85.3 Å². The Labute approximate surface area is 161 Å². The highest BCUT2D eigenvalue weighted by Gasteiger charge is 2.28. The van der Waals surface area contributed by atoms with E-state index in [9.17, 15) is 4.79 Å². The molecule has 7 nitrogen and oxygen atoms in total. The van der Waals surface area contributed by atoms with E-state index in [4.69, 9.17) is 8.94 Å². The molecule has 4 heterocycles. The molecule has 1 saturated heterocycles. The van der Waals surface area contributed by atoms with E-state index in [2.05, 4.69) is 14.7 Å². The summed E-state index contributed by atoms with van der Waals surface area (Å²) in [5.74, 6) is 2.96. The molecule has 1 fully saturated rings. The fourth-order valence-electron chi connectivity index (χ4n) is 3.52. The summed E-state index contributed by atoms with van der Waals surface area (Å²) in [6, 6.07) is 5.78. The number of hydrogen-bond donors (Lipinski definition) is 0. The van der Waals surface area contributed by atoms with Gasteiger partial charge in [0.1, 0.15) is 16.4 Å². The molecule has 0 saturated carbocycles. The molecule has 8 heteroatoms. The summed E-state index contributed by atoms with van der Waals surface area (Å²) in [6.07, 6.45) is 2.91. The number of aromatic nitrogens is 3. The van der Waals surface area contributed by atoms with E-state index in [1.54, 1.807) is 0 Å². The molecule has 0 aromatic carbocycles. The second kappa shape index (κ2) is 7.64. The van der Waals surface area contributed by atoms with Crippen LogP contribution in [0.15, 0.2) is 27.1 Å². The van der Waals surface area contributed by atoms with Crippen molar-refractivity contribution in [2.24, 2.45) is 0 Å². The zero-order valence-electron chi connectivity index (χ0n) is 15.5. The predicted molar refractivity (Wildman–Crippen MR) is 100 cm³/mol. The van der Waals surface area contributed by atoms with Gasteiger partial charge in [-0.2, -0.15) is 0 Å². The largest absolute Gasteiger partial charge is 0.466 e. The summed E-state index contributed by atoms with van der Waals surface area (Å²) in [4.78, 5) is 15.4. The Hall–Kier alpha value is -2.48. The van der Waals surface area contributed by atoms with Crippen molar-refractivity contribution in [3.05, 3.63) is 41.1 Å². The lowest BCUT2D eigenvalue weighted by atomic mass is 9.92. The van der Waals surface area contributed by atoms with E-state index in [0.717, 1.165) is 59.5 Å². The molecule has 0 radical (unpaired) electrons. The average molecular weight is 386 g/mol. The minimum absolute atomic E-state index is 0.185. The Morgan fingerprint density at radius 2 is 2.11 bits per heavy atom. The summed E-state index contributed by atoms with van der Waals surface area (Å²) in [5.41, 5.74) is 1.81. The quantitative estimate of drug-likeness (QED) is 0.664. The maximum Gasteiger partial charge on any atom is 0.223 e. The zero-order valence-corrected chi connectivity index (χ0v) is 16.3. The van der Waals surface area contributed by atoms with E-state index >= 15 is 0 Å². The van der Waals surface area contributed by atoms with Gasteiger partial charge in [0.15, 0.2) is 5.76 Å². The molecule has 3 aromatic rings. The number of nitrogens with zero attached hydrogens (tertiary/aromatic N) is 4. The smallest absolute Gasteiger partial charge is 0.223 e. The Balaban J connectivity index is 1.34. The number of furan rings is 1. The molecule has 4 rings (SSSR count). The lowest BCUT2D eigenvalue weighted by molar-refractivity contribution is -0.132. The molecular weight excluding hydrogens is 364 g/mol. The van der Waals surface area contributed by atoms with Crippen molar-refractivity contribution in [1.29, 1.82) is 0 Å². The van der Waals surface area contributed by atoms with Crippen LogP contribution >= 0.6 is 11.5 Å². The third-order valence-corrected chi connectivity index (χ3v) is 5.74. The van der Waals surface area contributed by atoms with Crippen LogP contribution in [0.3, 0.4) is 0 Å². The van der Waals surface area contributed by atoms with Gasteiger partial charge in [0.2, 0.25) is 5.91 Å². The average Bonchev–Trinajstić information content (AvgIpc) is 3.40. The van der Waals surface area contributed by atoms with Gasteiger partial charge in [-0.25, -0.2) is 0 Å². The zero-order chi connectivity index (χ0) is 18.8. The molecule has 3 aromatic heterocycles. The van der Waals surface area contributed by atoms with E-state index in [1.807, 2.05) is 36.9 Å². The molecule has 0 bridgehead atoms. The standard InChI is InChI=1S/C19H22N4O3S/c1-12-11-16(26-21-12)19-18(20-22-27-19)14-7-9-23(10-8-14)17(24)6-5-15-4-3-13(2)25-15/h3-4,11,14H,5-10H2,1-2H3. The van der Waals surface area contributed by atoms with Crippen LogP contribution in [0.2, 0.25) is 0 Å². The second-order valence-corrected chi connectivity index (χ2v) is 7.74. The van der Waals surface area contributed by atoms with Gasteiger partial charge in [0.25, 0.3) is 0 Å². The summed E-state index contributed by atoms with van der Waals surface area (Å²) in [6.45, 7) is 5.30. The number of aryl methyl sites for hydroxylation is 3. The first kappa shape index (κ1) is 17.9. The predicted octanol–water partition coefficient (Wildman–Crippen LogP) is 3.74. The highest BCUT2D eigenvalue weighted by molar-refractivity contribution is 7.09. The molecule has 0 atom stereocenters. The summed E-state index contributed by atoms with van der Waals surface area (Å²) in [7, 11) is 0. The summed E-state index contributed by atoms with van der Waals surface area (Å²) in [5, 5.41) is 8.30. The van der Waals surface area contributed by atoms with Crippen LogP contribution in [0.1, 0.15) is 48.1 Å². The van der Waals surface area contributed by atoms with Crippen LogP contribution in [-0.4, -0.2) is 38.6 Å². The number of carbonyl (C=O) groups is 1. The van der Waals surface area contributed by atoms with Crippen molar-refractivity contribution in [3.8, 4) is 10.6 Å². The number of likely N-dealkylation sites (tertiary alicyclic amines) is 1. The van der Waals surface area contributed by atoms with Crippen molar-refractivity contribution in [2.45, 2.75) is 45.4 Å². The Morgan fingerprint density at radius 3 is 2.78 bits per heavy atom.